The fourth-order valence-electron chi connectivity index (χ4n) is 2.20. The van der Waals surface area contributed by atoms with Crippen LogP contribution >= 0.6 is 0 Å². The molecule has 0 spiro atoms. The van der Waals surface area contributed by atoms with Crippen LogP contribution in [0.5, 0.6) is 5.75 Å². The highest BCUT2D eigenvalue weighted by molar-refractivity contribution is 5.69. The maximum Gasteiger partial charge on any atom is 0.309 e. The number of esters is 1. The number of hydrogen-bond donors (Lipinski definition) is 0. The minimum Gasteiger partial charge on any atom is -0.493 e. The third-order valence-electron chi connectivity index (χ3n) is 3.42. The minimum atomic E-state index is -0.483. The normalized spacial score (nSPS) is 10.2. The average Bonchev–Trinajstić information content (AvgIpc) is 2.55. The molecule has 2 aromatic rings. The van der Waals surface area contributed by atoms with E-state index in [1.165, 1.54) is 12.1 Å². The number of carbonyl (C=O) groups is 1. The fraction of sp³-hybridized carbons (Fsp3) is 0.278. The second-order valence-electron chi connectivity index (χ2n) is 5.46. The van der Waals surface area contributed by atoms with Gasteiger partial charge in [-0.1, -0.05) is 29.8 Å². The molecule has 6 heteroatoms. The number of carbonyl (C=O) groups excluding carboxylic acids is 1. The van der Waals surface area contributed by atoms with Crippen LogP contribution < -0.4 is 4.74 Å². The molecule has 0 aliphatic rings. The molecular formula is C18H19NO5. The lowest BCUT2D eigenvalue weighted by Crippen LogP contribution is -2.10. The van der Waals surface area contributed by atoms with E-state index in [2.05, 4.69) is 0 Å². The van der Waals surface area contributed by atoms with Gasteiger partial charge in [0.25, 0.3) is 5.69 Å². The number of nitrogens with zero attached hydrogens (tertiary/aromatic N) is 1. The SMILES string of the molecule is Cc1ccc(OCCC(=O)OCc2cccc([N+](=O)[O-])c2)c(C)c1. The van der Waals surface area contributed by atoms with E-state index in [9.17, 15) is 14.9 Å². The molecule has 0 radical (unpaired) electrons. The van der Waals surface area contributed by atoms with Crippen molar-refractivity contribution in [1.82, 2.24) is 0 Å². The Morgan fingerprint density at radius 3 is 2.67 bits per heavy atom. The molecule has 0 N–H and O–H groups in total. The summed E-state index contributed by atoms with van der Waals surface area (Å²) in [5.41, 5.74) is 2.71. The van der Waals surface area contributed by atoms with Crippen molar-refractivity contribution in [2.75, 3.05) is 6.61 Å². The standard InChI is InChI=1S/C18H19NO5/c1-13-6-7-17(14(2)10-13)23-9-8-18(20)24-12-15-4-3-5-16(11-15)19(21)22/h3-7,10-11H,8-9,12H2,1-2H3. The van der Waals surface area contributed by atoms with Gasteiger partial charge in [-0.05, 0) is 31.0 Å². The molecule has 0 saturated heterocycles. The minimum absolute atomic E-state index is 0.00404. The Morgan fingerprint density at radius 2 is 1.96 bits per heavy atom. The predicted molar refractivity (Wildman–Crippen MR) is 88.9 cm³/mol. The summed E-state index contributed by atoms with van der Waals surface area (Å²) in [6.45, 7) is 4.17. The lowest BCUT2D eigenvalue weighted by atomic mass is 10.1. The molecule has 24 heavy (non-hydrogen) atoms. The predicted octanol–water partition coefficient (Wildman–Crippen LogP) is 3.72. The monoisotopic (exact) mass is 329 g/mol. The summed E-state index contributed by atoms with van der Waals surface area (Å²) in [5, 5.41) is 10.7. The Hall–Kier alpha value is -2.89. The smallest absolute Gasteiger partial charge is 0.309 e. The number of hydrogen-bond acceptors (Lipinski definition) is 5. The fourth-order valence-corrected chi connectivity index (χ4v) is 2.20. The molecule has 0 aliphatic heterocycles. The summed E-state index contributed by atoms with van der Waals surface area (Å²) >= 11 is 0. The van der Waals surface area contributed by atoms with Gasteiger partial charge in [-0.2, -0.15) is 0 Å². The van der Waals surface area contributed by atoms with Gasteiger partial charge in [0.1, 0.15) is 12.4 Å². The van der Waals surface area contributed by atoms with Crippen molar-refractivity contribution in [3.63, 3.8) is 0 Å². The lowest BCUT2D eigenvalue weighted by molar-refractivity contribution is -0.384. The molecule has 0 saturated carbocycles. The molecule has 0 aromatic heterocycles. The van der Waals surface area contributed by atoms with E-state index in [1.807, 2.05) is 32.0 Å². The summed E-state index contributed by atoms with van der Waals surface area (Å²) in [6, 6.07) is 11.8. The van der Waals surface area contributed by atoms with Crippen LogP contribution in [0.15, 0.2) is 42.5 Å². The van der Waals surface area contributed by atoms with Gasteiger partial charge in [0.15, 0.2) is 0 Å². The Labute approximate surface area is 140 Å². The van der Waals surface area contributed by atoms with Gasteiger partial charge in [-0.15, -0.1) is 0 Å². The molecular weight excluding hydrogens is 310 g/mol. The maximum atomic E-state index is 11.7. The Balaban J connectivity index is 1.77. The van der Waals surface area contributed by atoms with Crippen molar-refractivity contribution >= 4 is 11.7 Å². The van der Waals surface area contributed by atoms with Gasteiger partial charge >= 0.3 is 5.97 Å². The zero-order valence-electron chi connectivity index (χ0n) is 13.7. The molecule has 0 atom stereocenters. The zero-order valence-corrected chi connectivity index (χ0v) is 13.7. The number of nitro benzene ring substituents is 1. The molecule has 0 bridgehead atoms. The summed E-state index contributed by atoms with van der Waals surface area (Å²) in [5.74, 6) is 0.332. The molecule has 6 nitrogen and oxygen atoms in total. The summed E-state index contributed by atoms with van der Waals surface area (Å²) in [4.78, 5) is 21.9. The number of aryl methyl sites for hydroxylation is 2. The topological polar surface area (TPSA) is 78.7 Å². The molecule has 2 rings (SSSR count). The second kappa shape index (κ2) is 8.10. The van der Waals surface area contributed by atoms with E-state index in [0.717, 1.165) is 16.9 Å². The second-order valence-corrected chi connectivity index (χ2v) is 5.46. The molecule has 126 valence electrons. The van der Waals surface area contributed by atoms with Gasteiger partial charge in [-0.25, -0.2) is 0 Å². The van der Waals surface area contributed by atoms with Gasteiger partial charge in [0.05, 0.1) is 18.0 Å². The van der Waals surface area contributed by atoms with Crippen LogP contribution in [0.2, 0.25) is 0 Å². The van der Waals surface area contributed by atoms with Crippen LogP contribution in [0.1, 0.15) is 23.1 Å². The third kappa shape index (κ3) is 5.08. The number of nitro groups is 1. The van der Waals surface area contributed by atoms with Crippen LogP contribution in [0.25, 0.3) is 0 Å². The quantitative estimate of drug-likeness (QED) is 0.439. The van der Waals surface area contributed by atoms with Crippen molar-refractivity contribution in [1.29, 1.82) is 0 Å². The summed E-state index contributed by atoms with van der Waals surface area (Å²) < 4.78 is 10.7. The van der Waals surface area contributed by atoms with Crippen LogP contribution in [0, 0.1) is 24.0 Å². The number of benzene rings is 2. The van der Waals surface area contributed by atoms with E-state index in [0.29, 0.717) is 5.56 Å². The van der Waals surface area contributed by atoms with E-state index < -0.39 is 10.9 Å². The highest BCUT2D eigenvalue weighted by atomic mass is 16.6. The van der Waals surface area contributed by atoms with Crippen molar-refractivity contribution in [3.05, 3.63) is 69.3 Å². The summed E-state index contributed by atoms with van der Waals surface area (Å²) in [6.07, 6.45) is 0.113. The van der Waals surface area contributed by atoms with Crippen molar-refractivity contribution < 1.29 is 19.2 Å². The number of non-ortho nitro benzene ring substituents is 1. The number of rotatable bonds is 7. The Kier molecular flexibility index (Phi) is 5.89. The number of ether oxygens (including phenoxy) is 2. The van der Waals surface area contributed by atoms with E-state index in [1.54, 1.807) is 12.1 Å². The molecule has 0 amide bonds. The van der Waals surface area contributed by atoms with Crippen LogP contribution in [-0.2, 0) is 16.1 Å². The van der Waals surface area contributed by atoms with Crippen molar-refractivity contribution in [2.45, 2.75) is 26.9 Å². The highest BCUT2D eigenvalue weighted by Crippen LogP contribution is 2.19. The largest absolute Gasteiger partial charge is 0.493 e. The zero-order chi connectivity index (χ0) is 17.5. The Bertz CT molecular complexity index is 742. The molecule has 0 unspecified atom stereocenters. The molecule has 0 aliphatic carbocycles. The van der Waals surface area contributed by atoms with Gasteiger partial charge in [-0.3, -0.25) is 14.9 Å². The van der Waals surface area contributed by atoms with Crippen LogP contribution in [0.3, 0.4) is 0 Å². The van der Waals surface area contributed by atoms with Crippen LogP contribution in [0.4, 0.5) is 5.69 Å². The van der Waals surface area contributed by atoms with E-state index >= 15 is 0 Å². The lowest BCUT2D eigenvalue weighted by Gasteiger charge is -2.10. The molecule has 0 fully saturated rings. The highest BCUT2D eigenvalue weighted by Gasteiger charge is 2.09. The van der Waals surface area contributed by atoms with Gasteiger partial charge < -0.3 is 9.47 Å². The first-order valence-corrected chi connectivity index (χ1v) is 7.54. The summed E-state index contributed by atoms with van der Waals surface area (Å²) in [7, 11) is 0. The third-order valence-corrected chi connectivity index (χ3v) is 3.42. The van der Waals surface area contributed by atoms with Crippen molar-refractivity contribution in [2.24, 2.45) is 0 Å². The van der Waals surface area contributed by atoms with Crippen LogP contribution in [-0.4, -0.2) is 17.5 Å². The molecule has 2 aromatic carbocycles. The van der Waals surface area contributed by atoms with Crippen molar-refractivity contribution in [3.8, 4) is 5.75 Å². The van der Waals surface area contributed by atoms with E-state index in [-0.39, 0.29) is 25.3 Å². The first kappa shape index (κ1) is 17.5. The van der Waals surface area contributed by atoms with E-state index in [4.69, 9.17) is 9.47 Å². The maximum absolute atomic E-state index is 11.7. The average molecular weight is 329 g/mol. The first-order valence-electron chi connectivity index (χ1n) is 7.54. The van der Waals surface area contributed by atoms with Gasteiger partial charge in [0, 0.05) is 12.1 Å². The molecule has 0 heterocycles. The first-order chi connectivity index (χ1) is 11.5. The Morgan fingerprint density at radius 1 is 1.17 bits per heavy atom. The van der Waals surface area contributed by atoms with Gasteiger partial charge in [0.2, 0.25) is 0 Å².